The summed E-state index contributed by atoms with van der Waals surface area (Å²) in [7, 11) is 0. The Bertz CT molecular complexity index is 393. The van der Waals surface area contributed by atoms with Crippen molar-refractivity contribution in [3.05, 3.63) is 17.5 Å². The fraction of sp³-hybridized carbons (Fsp3) is 0.444. The van der Waals surface area contributed by atoms with Crippen molar-refractivity contribution in [2.24, 2.45) is 5.84 Å². The Morgan fingerprint density at radius 2 is 2.41 bits per heavy atom. The number of nitrogens with two attached hydrogens (primary N) is 1. The molecular formula is C9H13N3O4S. The second kappa shape index (κ2) is 6.92. The first-order valence-corrected chi connectivity index (χ1v) is 6.02. The topological polar surface area (TPSA) is 107 Å². The lowest BCUT2D eigenvalue weighted by atomic mass is 10.4. The molecule has 0 aliphatic heterocycles. The number of thioether (sulfide) groups is 1. The van der Waals surface area contributed by atoms with E-state index in [1.807, 2.05) is 5.43 Å². The minimum Gasteiger partial charge on any atom is -0.465 e. The van der Waals surface area contributed by atoms with Gasteiger partial charge in [0, 0.05) is 6.07 Å². The minimum absolute atomic E-state index is 0.110. The molecule has 0 spiro atoms. The zero-order chi connectivity index (χ0) is 12.7. The molecule has 0 aliphatic carbocycles. The van der Waals surface area contributed by atoms with Gasteiger partial charge in [-0.2, -0.15) is 0 Å². The molecule has 0 bridgehead atoms. The molecule has 0 radical (unpaired) electrons. The van der Waals surface area contributed by atoms with Gasteiger partial charge in [0.1, 0.15) is 5.76 Å². The third kappa shape index (κ3) is 4.45. The number of hydrogen-bond donors (Lipinski definition) is 2. The average molecular weight is 259 g/mol. The number of ether oxygens (including phenoxy) is 1. The number of esters is 1. The highest BCUT2D eigenvalue weighted by atomic mass is 32.2. The van der Waals surface area contributed by atoms with Crippen LogP contribution in [-0.4, -0.2) is 29.4 Å². The summed E-state index contributed by atoms with van der Waals surface area (Å²) in [6, 6.07) is 1.47. The molecular weight excluding hydrogens is 246 g/mol. The molecule has 0 saturated carbocycles. The van der Waals surface area contributed by atoms with Crippen molar-refractivity contribution in [1.29, 1.82) is 0 Å². The standard InChI is InChI=1S/C9H13N3O4S/c1-2-15-8(13)5-17-4-6-3-7(12-16-6)9(14)11-10/h3H,2,4-5,10H2,1H3,(H,11,14). The monoisotopic (exact) mass is 259 g/mol. The van der Waals surface area contributed by atoms with E-state index in [4.69, 9.17) is 15.1 Å². The van der Waals surface area contributed by atoms with Crippen molar-refractivity contribution in [2.75, 3.05) is 12.4 Å². The number of carbonyl (C=O) groups excluding carboxylic acids is 2. The molecule has 94 valence electrons. The van der Waals surface area contributed by atoms with Gasteiger partial charge in [0.25, 0.3) is 5.91 Å². The number of amides is 1. The molecule has 1 aromatic heterocycles. The van der Waals surface area contributed by atoms with Gasteiger partial charge in [-0.25, -0.2) is 5.84 Å². The van der Waals surface area contributed by atoms with Crippen LogP contribution >= 0.6 is 11.8 Å². The average Bonchev–Trinajstić information content (AvgIpc) is 2.77. The lowest BCUT2D eigenvalue weighted by molar-refractivity contribution is -0.139. The molecule has 8 heteroatoms. The first-order valence-electron chi connectivity index (χ1n) is 4.87. The summed E-state index contributed by atoms with van der Waals surface area (Å²) in [6.07, 6.45) is 0. The summed E-state index contributed by atoms with van der Waals surface area (Å²) in [6.45, 7) is 2.11. The SMILES string of the molecule is CCOC(=O)CSCc1cc(C(=O)NN)no1. The Morgan fingerprint density at radius 1 is 1.65 bits per heavy atom. The number of nitrogens with one attached hydrogen (secondary N) is 1. The lowest BCUT2D eigenvalue weighted by Gasteiger charge is -1.99. The molecule has 1 aromatic rings. The molecule has 0 aromatic carbocycles. The van der Waals surface area contributed by atoms with Crippen molar-refractivity contribution in [3.63, 3.8) is 0 Å². The number of nitrogen functional groups attached to an aromatic ring is 1. The maximum absolute atomic E-state index is 11.1. The number of hydrazine groups is 1. The van der Waals surface area contributed by atoms with Gasteiger partial charge in [0.2, 0.25) is 0 Å². The first-order chi connectivity index (χ1) is 8.17. The predicted molar refractivity (Wildman–Crippen MR) is 61.0 cm³/mol. The van der Waals surface area contributed by atoms with Gasteiger partial charge in [0.15, 0.2) is 5.69 Å². The van der Waals surface area contributed by atoms with Gasteiger partial charge < -0.3 is 9.26 Å². The summed E-state index contributed by atoms with van der Waals surface area (Å²) in [5, 5.41) is 3.52. The fourth-order valence-corrected chi connectivity index (χ4v) is 1.69. The normalized spacial score (nSPS) is 10.0. The highest BCUT2D eigenvalue weighted by Crippen LogP contribution is 2.13. The van der Waals surface area contributed by atoms with Crippen LogP contribution in [0, 0.1) is 0 Å². The van der Waals surface area contributed by atoms with E-state index in [9.17, 15) is 9.59 Å². The zero-order valence-electron chi connectivity index (χ0n) is 9.26. The van der Waals surface area contributed by atoms with Crippen LogP contribution in [0.1, 0.15) is 23.2 Å². The van der Waals surface area contributed by atoms with E-state index in [1.165, 1.54) is 17.8 Å². The summed E-state index contributed by atoms with van der Waals surface area (Å²) in [5.41, 5.74) is 2.05. The highest BCUT2D eigenvalue weighted by molar-refractivity contribution is 7.99. The molecule has 0 saturated heterocycles. The quantitative estimate of drug-likeness (QED) is 0.322. The smallest absolute Gasteiger partial charge is 0.315 e. The number of nitrogens with zero attached hydrogens (tertiary/aromatic N) is 1. The maximum atomic E-state index is 11.1. The second-order valence-corrected chi connectivity index (χ2v) is 3.94. The van der Waals surface area contributed by atoms with Gasteiger partial charge >= 0.3 is 5.97 Å². The molecule has 1 heterocycles. The van der Waals surface area contributed by atoms with E-state index in [-0.39, 0.29) is 17.4 Å². The van der Waals surface area contributed by atoms with Crippen molar-refractivity contribution >= 4 is 23.6 Å². The molecule has 0 aliphatic rings. The van der Waals surface area contributed by atoms with Crippen LogP contribution in [0.5, 0.6) is 0 Å². The molecule has 17 heavy (non-hydrogen) atoms. The van der Waals surface area contributed by atoms with Crippen LogP contribution in [-0.2, 0) is 15.3 Å². The Labute approximate surface area is 102 Å². The number of carbonyl (C=O) groups is 2. The summed E-state index contributed by atoms with van der Waals surface area (Å²) < 4.78 is 9.64. The van der Waals surface area contributed by atoms with Crippen molar-refractivity contribution < 1.29 is 18.8 Å². The van der Waals surface area contributed by atoms with Gasteiger partial charge in [-0.3, -0.25) is 15.0 Å². The number of aromatic nitrogens is 1. The third-order valence-electron chi connectivity index (χ3n) is 1.69. The van der Waals surface area contributed by atoms with Crippen LogP contribution in [0.15, 0.2) is 10.6 Å². The van der Waals surface area contributed by atoms with E-state index in [0.29, 0.717) is 18.1 Å². The van der Waals surface area contributed by atoms with Crippen molar-refractivity contribution in [3.8, 4) is 0 Å². The molecule has 1 amide bonds. The summed E-state index contributed by atoms with van der Waals surface area (Å²) in [4.78, 5) is 22.1. The highest BCUT2D eigenvalue weighted by Gasteiger charge is 2.11. The van der Waals surface area contributed by atoms with Crippen LogP contribution in [0.3, 0.4) is 0 Å². The van der Waals surface area contributed by atoms with Gasteiger partial charge in [-0.15, -0.1) is 11.8 Å². The van der Waals surface area contributed by atoms with Crippen LogP contribution < -0.4 is 11.3 Å². The van der Waals surface area contributed by atoms with Gasteiger partial charge in [-0.05, 0) is 6.92 Å². The largest absolute Gasteiger partial charge is 0.465 e. The molecule has 0 unspecified atom stereocenters. The molecule has 0 atom stereocenters. The lowest BCUT2D eigenvalue weighted by Crippen LogP contribution is -2.30. The third-order valence-corrected chi connectivity index (χ3v) is 2.62. The molecule has 7 nitrogen and oxygen atoms in total. The Balaban J connectivity index is 2.35. The Kier molecular flexibility index (Phi) is 5.50. The predicted octanol–water partition coefficient (Wildman–Crippen LogP) is 0.0744. The molecule has 0 fully saturated rings. The van der Waals surface area contributed by atoms with Crippen molar-refractivity contribution in [1.82, 2.24) is 10.6 Å². The fourth-order valence-electron chi connectivity index (χ4n) is 1.000. The van der Waals surface area contributed by atoms with Crippen LogP contribution in [0.2, 0.25) is 0 Å². The molecule has 1 rings (SSSR count). The van der Waals surface area contributed by atoms with E-state index >= 15 is 0 Å². The first kappa shape index (κ1) is 13.5. The zero-order valence-corrected chi connectivity index (χ0v) is 10.1. The minimum atomic E-state index is -0.518. The number of hydrogen-bond acceptors (Lipinski definition) is 7. The van der Waals surface area contributed by atoms with Crippen LogP contribution in [0.4, 0.5) is 0 Å². The maximum Gasteiger partial charge on any atom is 0.315 e. The van der Waals surface area contributed by atoms with E-state index in [1.54, 1.807) is 6.92 Å². The van der Waals surface area contributed by atoms with E-state index < -0.39 is 5.91 Å². The van der Waals surface area contributed by atoms with Gasteiger partial charge in [0.05, 0.1) is 18.1 Å². The Hall–Kier alpha value is -1.54. The summed E-state index contributed by atoms with van der Waals surface area (Å²) in [5.74, 6) is 5.30. The Morgan fingerprint density at radius 3 is 3.06 bits per heavy atom. The second-order valence-electron chi connectivity index (χ2n) is 2.95. The van der Waals surface area contributed by atoms with Gasteiger partial charge in [-0.1, -0.05) is 5.16 Å². The molecule has 3 N–H and O–H groups in total. The van der Waals surface area contributed by atoms with Crippen molar-refractivity contribution in [2.45, 2.75) is 12.7 Å². The van der Waals surface area contributed by atoms with E-state index in [0.717, 1.165) is 0 Å². The van der Waals surface area contributed by atoms with Crippen LogP contribution in [0.25, 0.3) is 0 Å². The number of rotatable bonds is 6. The summed E-state index contributed by atoms with van der Waals surface area (Å²) >= 11 is 1.32. The van der Waals surface area contributed by atoms with E-state index in [2.05, 4.69) is 5.16 Å².